The zero-order valence-corrected chi connectivity index (χ0v) is 16.1. The molecular weight excluding hydrogens is 322 g/mol. The van der Waals surface area contributed by atoms with Crippen molar-refractivity contribution in [1.29, 1.82) is 0 Å². The van der Waals surface area contributed by atoms with Gasteiger partial charge in [0.2, 0.25) is 0 Å². The predicted octanol–water partition coefficient (Wildman–Crippen LogP) is 4.22. The quantitative estimate of drug-likeness (QED) is 0.894. The summed E-state index contributed by atoms with van der Waals surface area (Å²) in [5, 5.41) is 4.32. The highest BCUT2D eigenvalue weighted by atomic mass is 16.1. The predicted molar refractivity (Wildman–Crippen MR) is 107 cm³/mol. The molecule has 3 heterocycles. The van der Waals surface area contributed by atoms with Gasteiger partial charge < -0.3 is 14.8 Å². The average molecular weight is 354 g/mol. The summed E-state index contributed by atoms with van der Waals surface area (Å²) in [4.78, 5) is 15.6. The zero-order chi connectivity index (χ0) is 18.1. The number of aromatic nitrogens is 1. The third kappa shape index (κ3) is 3.27. The van der Waals surface area contributed by atoms with E-state index in [1.54, 1.807) is 0 Å². The number of carbonyl (C=O) groups excluding carboxylic acids is 1. The van der Waals surface area contributed by atoms with Gasteiger partial charge >= 0.3 is 0 Å². The Hall–Kier alpha value is -1.81. The first-order valence-corrected chi connectivity index (χ1v) is 10.3. The van der Waals surface area contributed by atoms with Gasteiger partial charge in [-0.2, -0.15) is 0 Å². The molecule has 0 spiro atoms. The lowest BCUT2D eigenvalue weighted by atomic mass is 9.83. The van der Waals surface area contributed by atoms with Crippen molar-refractivity contribution < 1.29 is 4.79 Å². The lowest BCUT2D eigenvalue weighted by Gasteiger charge is -2.44. The van der Waals surface area contributed by atoms with Crippen molar-refractivity contribution in [2.45, 2.75) is 58.0 Å². The zero-order valence-electron chi connectivity index (χ0n) is 16.1. The van der Waals surface area contributed by atoms with E-state index in [1.165, 1.54) is 45.2 Å². The van der Waals surface area contributed by atoms with Crippen LogP contribution in [0.25, 0.3) is 10.9 Å². The highest BCUT2D eigenvalue weighted by Crippen LogP contribution is 2.31. The lowest BCUT2D eigenvalue weighted by Crippen LogP contribution is -2.51. The van der Waals surface area contributed by atoms with Gasteiger partial charge in [-0.1, -0.05) is 24.6 Å². The van der Waals surface area contributed by atoms with Crippen molar-refractivity contribution in [2.75, 3.05) is 19.6 Å². The van der Waals surface area contributed by atoms with Crippen LogP contribution in [0.1, 0.15) is 62.4 Å². The number of nitrogens with one attached hydrogen (secondary N) is 1. The Kier molecular flexibility index (Phi) is 5.03. The molecule has 140 valence electrons. The molecule has 0 unspecified atom stereocenters. The van der Waals surface area contributed by atoms with E-state index in [1.807, 2.05) is 18.3 Å². The smallest absolute Gasteiger partial charge is 0.253 e. The van der Waals surface area contributed by atoms with Crippen LogP contribution in [0.2, 0.25) is 0 Å². The van der Waals surface area contributed by atoms with Gasteiger partial charge in [-0.15, -0.1) is 0 Å². The maximum absolute atomic E-state index is 13.0. The molecule has 2 atom stereocenters. The summed E-state index contributed by atoms with van der Waals surface area (Å²) in [6, 6.07) is 9.25. The van der Waals surface area contributed by atoms with Gasteiger partial charge in [0.25, 0.3) is 5.91 Å². The Bertz CT molecular complexity index is 777. The highest BCUT2D eigenvalue weighted by molar-refractivity contribution is 6.07. The Morgan fingerprint density at radius 1 is 1.15 bits per heavy atom. The molecule has 2 saturated heterocycles. The average Bonchev–Trinajstić information content (AvgIpc) is 3.06. The molecule has 1 aromatic carbocycles. The van der Waals surface area contributed by atoms with Crippen molar-refractivity contribution in [3.05, 3.63) is 36.0 Å². The van der Waals surface area contributed by atoms with Crippen LogP contribution >= 0.6 is 0 Å². The molecule has 0 radical (unpaired) electrons. The van der Waals surface area contributed by atoms with Crippen LogP contribution in [-0.4, -0.2) is 41.1 Å². The van der Waals surface area contributed by atoms with Crippen LogP contribution < -0.4 is 5.32 Å². The van der Waals surface area contributed by atoms with Gasteiger partial charge in [-0.05, 0) is 64.6 Å². The maximum atomic E-state index is 13.0. The van der Waals surface area contributed by atoms with Gasteiger partial charge in [0, 0.05) is 35.7 Å². The van der Waals surface area contributed by atoms with Crippen LogP contribution in [0.15, 0.2) is 30.5 Å². The monoisotopic (exact) mass is 353 g/mol. The molecular formula is C22H31N3O. The topological polar surface area (TPSA) is 37.3 Å². The summed E-state index contributed by atoms with van der Waals surface area (Å²) >= 11 is 0. The second-order valence-corrected chi connectivity index (χ2v) is 8.27. The van der Waals surface area contributed by atoms with Crippen LogP contribution in [0.5, 0.6) is 0 Å². The third-order valence-electron chi connectivity index (χ3n) is 6.29. The Morgan fingerprint density at radius 3 is 2.81 bits per heavy atom. The standard InChI is InChI=1S/C22H31N3O/c1-16(2)25-15-19(18-9-3-4-11-21(18)25)22(26)23-14-17-8-7-13-24-12-6-5-10-20(17)24/h3-4,9,11,15-17,20H,5-8,10,12-14H2,1-2H3,(H,23,26)/t17-,20-/m0/s1. The minimum Gasteiger partial charge on any atom is -0.352 e. The largest absolute Gasteiger partial charge is 0.352 e. The fraction of sp³-hybridized carbons (Fsp3) is 0.591. The van der Waals surface area contributed by atoms with E-state index < -0.39 is 0 Å². The Morgan fingerprint density at radius 2 is 1.96 bits per heavy atom. The Labute approximate surface area is 156 Å². The minimum absolute atomic E-state index is 0.0773. The summed E-state index contributed by atoms with van der Waals surface area (Å²) in [7, 11) is 0. The summed E-state index contributed by atoms with van der Waals surface area (Å²) in [5.74, 6) is 0.681. The van der Waals surface area contributed by atoms with E-state index in [9.17, 15) is 4.79 Å². The van der Waals surface area contributed by atoms with Crippen molar-refractivity contribution in [1.82, 2.24) is 14.8 Å². The van der Waals surface area contributed by atoms with E-state index in [4.69, 9.17) is 0 Å². The molecule has 1 N–H and O–H groups in total. The minimum atomic E-state index is 0.0773. The van der Waals surface area contributed by atoms with Gasteiger partial charge in [0.05, 0.1) is 5.56 Å². The molecule has 2 aliphatic heterocycles. The molecule has 4 heteroatoms. The molecule has 0 bridgehead atoms. The second-order valence-electron chi connectivity index (χ2n) is 8.27. The number of rotatable bonds is 4. The van der Waals surface area contributed by atoms with Crippen molar-refractivity contribution in [3.63, 3.8) is 0 Å². The number of hydrogen-bond acceptors (Lipinski definition) is 2. The van der Waals surface area contributed by atoms with E-state index in [0.717, 1.165) is 23.0 Å². The third-order valence-corrected chi connectivity index (χ3v) is 6.29. The van der Waals surface area contributed by atoms with Crippen LogP contribution in [-0.2, 0) is 0 Å². The number of amides is 1. The molecule has 1 aromatic heterocycles. The van der Waals surface area contributed by atoms with Crippen LogP contribution in [0.3, 0.4) is 0 Å². The Balaban J connectivity index is 1.49. The number of carbonyl (C=O) groups is 1. The number of para-hydroxylation sites is 1. The summed E-state index contributed by atoms with van der Waals surface area (Å²) in [6.07, 6.45) is 8.52. The molecule has 2 aliphatic rings. The molecule has 0 aliphatic carbocycles. The number of benzene rings is 1. The summed E-state index contributed by atoms with van der Waals surface area (Å²) in [6.45, 7) is 7.62. The summed E-state index contributed by atoms with van der Waals surface area (Å²) < 4.78 is 2.20. The molecule has 4 nitrogen and oxygen atoms in total. The fourth-order valence-corrected chi connectivity index (χ4v) is 4.95. The molecule has 0 saturated carbocycles. The molecule has 2 fully saturated rings. The van der Waals surface area contributed by atoms with Gasteiger partial charge in [-0.25, -0.2) is 0 Å². The van der Waals surface area contributed by atoms with Gasteiger partial charge in [0.1, 0.15) is 0 Å². The van der Waals surface area contributed by atoms with E-state index in [0.29, 0.717) is 18.0 Å². The number of nitrogens with zero attached hydrogens (tertiary/aromatic N) is 2. The first-order chi connectivity index (χ1) is 12.6. The van der Waals surface area contributed by atoms with Crippen molar-refractivity contribution in [2.24, 2.45) is 5.92 Å². The first kappa shape index (κ1) is 17.6. The maximum Gasteiger partial charge on any atom is 0.253 e. The van der Waals surface area contributed by atoms with Gasteiger partial charge in [0.15, 0.2) is 0 Å². The van der Waals surface area contributed by atoms with E-state index in [2.05, 4.69) is 40.8 Å². The lowest BCUT2D eigenvalue weighted by molar-refractivity contribution is 0.0576. The van der Waals surface area contributed by atoms with Crippen molar-refractivity contribution in [3.8, 4) is 0 Å². The molecule has 26 heavy (non-hydrogen) atoms. The highest BCUT2D eigenvalue weighted by Gasteiger charge is 2.33. The van der Waals surface area contributed by atoms with E-state index in [-0.39, 0.29) is 5.91 Å². The molecule has 1 amide bonds. The number of fused-ring (bicyclic) bond motifs is 2. The number of hydrogen-bond donors (Lipinski definition) is 1. The molecule has 2 aromatic rings. The molecule has 4 rings (SSSR count). The van der Waals surface area contributed by atoms with E-state index >= 15 is 0 Å². The van der Waals surface area contributed by atoms with Crippen LogP contribution in [0, 0.1) is 5.92 Å². The number of piperidine rings is 2. The van der Waals surface area contributed by atoms with Crippen molar-refractivity contribution >= 4 is 16.8 Å². The fourth-order valence-electron chi connectivity index (χ4n) is 4.95. The first-order valence-electron chi connectivity index (χ1n) is 10.3. The summed E-state index contributed by atoms with van der Waals surface area (Å²) in [5.41, 5.74) is 1.95. The second kappa shape index (κ2) is 7.43. The van der Waals surface area contributed by atoms with Crippen LogP contribution in [0.4, 0.5) is 0 Å². The normalized spacial score (nSPS) is 24.0. The van der Waals surface area contributed by atoms with Gasteiger partial charge in [-0.3, -0.25) is 4.79 Å². The SMILES string of the molecule is CC(C)n1cc(C(=O)NC[C@@H]2CCCN3CCCC[C@@H]23)c2ccccc21.